The van der Waals surface area contributed by atoms with E-state index in [0.717, 1.165) is 11.5 Å². The largest absolute Gasteiger partial charge is 0.481 e. The van der Waals surface area contributed by atoms with E-state index in [1.807, 2.05) is 13.8 Å². The van der Waals surface area contributed by atoms with Gasteiger partial charge in [0, 0.05) is 17.9 Å². The quantitative estimate of drug-likeness (QED) is 0.884. The summed E-state index contributed by atoms with van der Waals surface area (Å²) in [4.78, 5) is 15.1. The van der Waals surface area contributed by atoms with Gasteiger partial charge in [-0.2, -0.15) is 16.7 Å². The molecule has 0 amide bonds. The summed E-state index contributed by atoms with van der Waals surface area (Å²) in [5.74, 6) is 2.04. The summed E-state index contributed by atoms with van der Waals surface area (Å²) in [5.41, 5.74) is -0.405. The molecule has 1 aliphatic heterocycles. The number of nitrogens with zero attached hydrogens (tertiary/aromatic N) is 2. The van der Waals surface area contributed by atoms with Crippen molar-refractivity contribution in [3.8, 4) is 0 Å². The number of carbonyl (C=O) groups is 1. The van der Waals surface area contributed by atoms with E-state index in [-0.39, 0.29) is 12.5 Å². The number of carboxylic acids is 1. The highest BCUT2D eigenvalue weighted by atomic mass is 32.2. The molecule has 0 aromatic carbocycles. The molecule has 6 nitrogen and oxygen atoms in total. The molecule has 2 heterocycles. The van der Waals surface area contributed by atoms with Crippen molar-refractivity contribution in [1.82, 2.24) is 10.1 Å². The molecule has 19 heavy (non-hydrogen) atoms. The first-order valence-corrected chi connectivity index (χ1v) is 7.35. The van der Waals surface area contributed by atoms with Crippen LogP contribution in [0.4, 0.5) is 0 Å². The minimum Gasteiger partial charge on any atom is -0.481 e. The fraction of sp³-hybridized carbons (Fsp3) is 0.750. The predicted molar refractivity (Wildman–Crippen MR) is 70.1 cm³/mol. The smallest absolute Gasteiger partial charge is 0.303 e. The van der Waals surface area contributed by atoms with Crippen molar-refractivity contribution in [2.24, 2.45) is 5.41 Å². The molecule has 0 saturated carbocycles. The Bertz CT molecular complexity index is 441. The van der Waals surface area contributed by atoms with Gasteiger partial charge in [0.2, 0.25) is 11.7 Å². The summed E-state index contributed by atoms with van der Waals surface area (Å²) >= 11 is 1.80. The van der Waals surface area contributed by atoms with Crippen LogP contribution < -0.4 is 0 Å². The second-order valence-corrected chi connectivity index (χ2v) is 6.54. The van der Waals surface area contributed by atoms with Crippen LogP contribution >= 0.6 is 11.8 Å². The zero-order valence-corrected chi connectivity index (χ0v) is 11.9. The average molecular weight is 286 g/mol. The van der Waals surface area contributed by atoms with Gasteiger partial charge in [0.05, 0.1) is 13.0 Å². The molecule has 1 aliphatic rings. The summed E-state index contributed by atoms with van der Waals surface area (Å²) in [7, 11) is 0. The Hall–Kier alpha value is -1.08. The number of hydrogen-bond donors (Lipinski definition) is 1. The molecule has 1 saturated heterocycles. The monoisotopic (exact) mass is 286 g/mol. The van der Waals surface area contributed by atoms with E-state index in [0.29, 0.717) is 24.7 Å². The Kier molecular flexibility index (Phi) is 4.46. The van der Waals surface area contributed by atoms with Gasteiger partial charge in [0.25, 0.3) is 0 Å². The lowest BCUT2D eigenvalue weighted by Gasteiger charge is -2.20. The molecule has 0 spiro atoms. The van der Waals surface area contributed by atoms with Gasteiger partial charge in [-0.3, -0.25) is 4.79 Å². The Labute approximate surface area is 115 Å². The van der Waals surface area contributed by atoms with Crippen molar-refractivity contribution in [1.29, 1.82) is 0 Å². The highest BCUT2D eigenvalue weighted by molar-refractivity contribution is 7.99. The van der Waals surface area contributed by atoms with Gasteiger partial charge in [0.15, 0.2) is 0 Å². The van der Waals surface area contributed by atoms with Crippen LogP contribution in [0.3, 0.4) is 0 Å². The maximum Gasteiger partial charge on any atom is 0.303 e. The van der Waals surface area contributed by atoms with Crippen LogP contribution in [-0.4, -0.2) is 39.3 Å². The van der Waals surface area contributed by atoms with E-state index < -0.39 is 11.4 Å². The molecule has 7 heteroatoms. The molecule has 1 aromatic heterocycles. The summed E-state index contributed by atoms with van der Waals surface area (Å²) in [5, 5.41) is 12.8. The molecule has 106 valence electrons. The Morgan fingerprint density at radius 3 is 3.00 bits per heavy atom. The van der Waals surface area contributed by atoms with Gasteiger partial charge in [-0.05, 0) is 5.41 Å². The lowest BCUT2D eigenvalue weighted by atomic mass is 9.86. The normalized spacial score (nSPS) is 20.4. The van der Waals surface area contributed by atoms with Gasteiger partial charge in [0.1, 0.15) is 6.10 Å². The summed E-state index contributed by atoms with van der Waals surface area (Å²) in [6, 6.07) is 0. The summed E-state index contributed by atoms with van der Waals surface area (Å²) < 4.78 is 10.8. The van der Waals surface area contributed by atoms with E-state index in [2.05, 4.69) is 10.1 Å². The zero-order valence-electron chi connectivity index (χ0n) is 11.1. The molecule has 2 rings (SSSR count). The first kappa shape index (κ1) is 14.3. The average Bonchev–Trinajstić information content (AvgIpc) is 2.76. The SMILES string of the molecule is CC(C)(CC(=O)O)Cc1nc(C2CSCCO2)no1. The Balaban J connectivity index is 1.98. The summed E-state index contributed by atoms with van der Waals surface area (Å²) in [6.07, 6.45) is 0.408. The van der Waals surface area contributed by atoms with Gasteiger partial charge in [-0.25, -0.2) is 0 Å². The van der Waals surface area contributed by atoms with Gasteiger partial charge in [-0.1, -0.05) is 19.0 Å². The molecule has 1 atom stereocenters. The summed E-state index contributed by atoms with van der Waals surface area (Å²) in [6.45, 7) is 4.44. The van der Waals surface area contributed by atoms with E-state index in [9.17, 15) is 4.79 Å². The highest BCUT2D eigenvalue weighted by Crippen LogP contribution is 2.28. The zero-order chi connectivity index (χ0) is 13.9. The number of hydrogen-bond acceptors (Lipinski definition) is 6. The Morgan fingerprint density at radius 2 is 2.37 bits per heavy atom. The van der Waals surface area contributed by atoms with Crippen molar-refractivity contribution in [2.45, 2.75) is 32.8 Å². The fourth-order valence-corrected chi connectivity index (χ4v) is 2.83. The predicted octanol–water partition coefficient (Wildman–Crippen LogP) is 1.92. The number of ether oxygens (including phenoxy) is 1. The van der Waals surface area contributed by atoms with Gasteiger partial charge < -0.3 is 14.4 Å². The van der Waals surface area contributed by atoms with Crippen LogP contribution in [0.25, 0.3) is 0 Å². The van der Waals surface area contributed by atoms with Crippen LogP contribution in [0.1, 0.15) is 38.1 Å². The Morgan fingerprint density at radius 1 is 1.58 bits per heavy atom. The van der Waals surface area contributed by atoms with Crippen LogP contribution in [0.2, 0.25) is 0 Å². The molecule has 1 unspecified atom stereocenters. The molecule has 0 aliphatic carbocycles. The number of aliphatic carboxylic acids is 1. The first-order chi connectivity index (χ1) is 8.96. The topological polar surface area (TPSA) is 85.5 Å². The molecule has 1 fully saturated rings. The van der Waals surface area contributed by atoms with E-state index in [4.69, 9.17) is 14.4 Å². The van der Waals surface area contributed by atoms with Crippen LogP contribution in [-0.2, 0) is 16.0 Å². The minimum absolute atomic E-state index is 0.0699. The minimum atomic E-state index is -0.822. The van der Waals surface area contributed by atoms with E-state index in [1.54, 1.807) is 11.8 Å². The second-order valence-electron chi connectivity index (χ2n) is 5.39. The molecule has 1 N–H and O–H groups in total. The lowest BCUT2D eigenvalue weighted by molar-refractivity contribution is -0.139. The molecule has 0 bridgehead atoms. The van der Waals surface area contributed by atoms with Gasteiger partial charge >= 0.3 is 5.97 Å². The highest BCUT2D eigenvalue weighted by Gasteiger charge is 2.27. The maximum atomic E-state index is 10.8. The second kappa shape index (κ2) is 5.92. The standard InChI is InChI=1S/C12H18N2O4S/c1-12(2,6-10(15)16)5-9-13-11(14-18-9)8-7-19-4-3-17-8/h8H,3-7H2,1-2H3,(H,15,16). The number of carboxylic acid groups (broad SMARTS) is 1. The van der Waals surface area contributed by atoms with Crippen molar-refractivity contribution in [2.75, 3.05) is 18.1 Å². The van der Waals surface area contributed by atoms with E-state index >= 15 is 0 Å². The maximum absolute atomic E-state index is 10.8. The van der Waals surface area contributed by atoms with Gasteiger partial charge in [-0.15, -0.1) is 0 Å². The lowest BCUT2D eigenvalue weighted by Crippen LogP contribution is -2.20. The first-order valence-electron chi connectivity index (χ1n) is 6.20. The van der Waals surface area contributed by atoms with Crippen molar-refractivity contribution in [3.63, 3.8) is 0 Å². The number of aromatic nitrogens is 2. The third kappa shape index (κ3) is 4.21. The third-order valence-corrected chi connectivity index (χ3v) is 3.84. The molecule has 1 aromatic rings. The fourth-order valence-electron chi connectivity index (χ4n) is 1.99. The molecular weight excluding hydrogens is 268 g/mol. The number of rotatable bonds is 5. The third-order valence-electron chi connectivity index (χ3n) is 2.85. The molecule has 0 radical (unpaired) electrons. The van der Waals surface area contributed by atoms with E-state index in [1.165, 1.54) is 0 Å². The van der Waals surface area contributed by atoms with Crippen LogP contribution in [0.5, 0.6) is 0 Å². The van der Waals surface area contributed by atoms with Crippen molar-refractivity contribution < 1.29 is 19.2 Å². The van der Waals surface area contributed by atoms with Crippen LogP contribution in [0, 0.1) is 5.41 Å². The van der Waals surface area contributed by atoms with Crippen LogP contribution in [0.15, 0.2) is 4.52 Å². The van der Waals surface area contributed by atoms with Crippen molar-refractivity contribution in [3.05, 3.63) is 11.7 Å². The molecular formula is C12H18N2O4S. The number of thioether (sulfide) groups is 1. The van der Waals surface area contributed by atoms with Crippen molar-refractivity contribution >= 4 is 17.7 Å².